The van der Waals surface area contributed by atoms with E-state index in [9.17, 15) is 9.90 Å². The van der Waals surface area contributed by atoms with Crippen LogP contribution in [0.4, 0.5) is 0 Å². The minimum atomic E-state index is -0.836. The molecule has 1 aliphatic rings. The summed E-state index contributed by atoms with van der Waals surface area (Å²) >= 11 is 1.57. The van der Waals surface area contributed by atoms with Crippen molar-refractivity contribution >= 4 is 17.7 Å². The number of aliphatic carboxylic acids is 1. The monoisotopic (exact) mass is 419 g/mol. The molecule has 2 aromatic rings. The number of carbonyl (C=O) groups is 1. The highest BCUT2D eigenvalue weighted by molar-refractivity contribution is 7.99. The van der Waals surface area contributed by atoms with Crippen LogP contribution in [0.15, 0.2) is 36.4 Å². The third-order valence-electron chi connectivity index (χ3n) is 4.52. The van der Waals surface area contributed by atoms with E-state index in [1.807, 2.05) is 43.3 Å². The summed E-state index contributed by atoms with van der Waals surface area (Å²) in [5.74, 6) is 2.36. The van der Waals surface area contributed by atoms with Gasteiger partial charge in [0.25, 0.3) is 0 Å². The summed E-state index contributed by atoms with van der Waals surface area (Å²) < 4.78 is 22.5. The molecular weight excluding hydrogens is 394 g/mol. The number of carboxylic acids is 1. The van der Waals surface area contributed by atoms with E-state index in [4.69, 9.17) is 18.9 Å². The van der Waals surface area contributed by atoms with Crippen molar-refractivity contribution in [3.8, 4) is 23.0 Å². The first-order valence-corrected chi connectivity index (χ1v) is 10.3. The van der Waals surface area contributed by atoms with Gasteiger partial charge in [-0.05, 0) is 42.8 Å². The topological polar surface area (TPSA) is 86.3 Å². The van der Waals surface area contributed by atoms with Crippen LogP contribution in [0.3, 0.4) is 0 Å². The Labute approximate surface area is 174 Å². The van der Waals surface area contributed by atoms with Crippen LogP contribution in [0, 0.1) is 0 Å². The number of hydrogen-bond acceptors (Lipinski definition) is 7. The van der Waals surface area contributed by atoms with Crippen molar-refractivity contribution in [1.82, 2.24) is 5.32 Å². The first kappa shape index (κ1) is 21.1. The van der Waals surface area contributed by atoms with E-state index in [0.717, 1.165) is 16.9 Å². The van der Waals surface area contributed by atoms with E-state index in [0.29, 0.717) is 29.6 Å². The van der Waals surface area contributed by atoms with Crippen LogP contribution >= 0.6 is 11.8 Å². The second kappa shape index (κ2) is 9.76. The fourth-order valence-electron chi connectivity index (χ4n) is 3.03. The second-order valence-corrected chi connectivity index (χ2v) is 7.51. The van der Waals surface area contributed by atoms with Gasteiger partial charge in [0.15, 0.2) is 11.5 Å². The van der Waals surface area contributed by atoms with Crippen molar-refractivity contribution in [3.63, 3.8) is 0 Å². The number of methoxy groups -OCH3 is 2. The third kappa shape index (κ3) is 5.07. The van der Waals surface area contributed by atoms with Crippen LogP contribution in [0.1, 0.15) is 23.4 Å². The molecule has 0 aliphatic carbocycles. The third-order valence-corrected chi connectivity index (χ3v) is 5.79. The predicted octanol–water partition coefficient (Wildman–Crippen LogP) is 3.47. The van der Waals surface area contributed by atoms with Crippen molar-refractivity contribution in [2.24, 2.45) is 0 Å². The van der Waals surface area contributed by atoms with Gasteiger partial charge in [-0.1, -0.05) is 6.07 Å². The first-order valence-electron chi connectivity index (χ1n) is 9.26. The molecule has 1 aliphatic heterocycles. The van der Waals surface area contributed by atoms with E-state index in [2.05, 4.69) is 5.32 Å². The molecule has 0 saturated carbocycles. The lowest BCUT2D eigenvalue weighted by atomic mass is 10.1. The molecule has 1 fully saturated rings. The maximum Gasteiger partial charge on any atom is 0.321 e. The van der Waals surface area contributed by atoms with Crippen LogP contribution in [-0.2, 0) is 11.4 Å². The Balaban J connectivity index is 1.77. The maximum atomic E-state index is 11.2. The molecule has 156 valence electrons. The van der Waals surface area contributed by atoms with Gasteiger partial charge in [0, 0.05) is 11.3 Å². The highest BCUT2D eigenvalue weighted by atomic mass is 32.2. The smallest absolute Gasteiger partial charge is 0.321 e. The number of hydrogen-bond donors (Lipinski definition) is 2. The fourth-order valence-corrected chi connectivity index (χ4v) is 4.26. The minimum absolute atomic E-state index is 0.0946. The molecule has 1 heterocycles. The summed E-state index contributed by atoms with van der Waals surface area (Å²) in [5, 5.41) is 12.2. The summed E-state index contributed by atoms with van der Waals surface area (Å²) in [5.41, 5.74) is 1.81. The normalized spacial score (nSPS) is 18.3. The summed E-state index contributed by atoms with van der Waals surface area (Å²) in [4.78, 5) is 11.2. The molecule has 1 saturated heterocycles. The van der Waals surface area contributed by atoms with E-state index >= 15 is 0 Å². The highest BCUT2D eigenvalue weighted by Gasteiger charge is 2.30. The van der Waals surface area contributed by atoms with Gasteiger partial charge < -0.3 is 24.1 Å². The number of rotatable bonds is 9. The molecule has 8 heteroatoms. The molecule has 0 bridgehead atoms. The highest BCUT2D eigenvalue weighted by Crippen LogP contribution is 2.38. The lowest BCUT2D eigenvalue weighted by Gasteiger charge is -2.17. The van der Waals surface area contributed by atoms with E-state index in [1.54, 1.807) is 26.0 Å². The van der Waals surface area contributed by atoms with Crippen LogP contribution in [0.5, 0.6) is 23.0 Å². The molecule has 29 heavy (non-hydrogen) atoms. The average molecular weight is 419 g/mol. The molecule has 0 radical (unpaired) electrons. The lowest BCUT2D eigenvalue weighted by Crippen LogP contribution is -2.33. The molecule has 2 aromatic carbocycles. The quantitative estimate of drug-likeness (QED) is 0.639. The van der Waals surface area contributed by atoms with Gasteiger partial charge >= 0.3 is 5.97 Å². The van der Waals surface area contributed by atoms with Crippen LogP contribution in [0.25, 0.3) is 0 Å². The number of carboxylic acid groups (broad SMARTS) is 1. The Bertz CT molecular complexity index is 859. The molecule has 2 N–H and O–H groups in total. The molecule has 3 rings (SSSR count). The van der Waals surface area contributed by atoms with Crippen molar-refractivity contribution in [2.45, 2.75) is 24.9 Å². The zero-order valence-corrected chi connectivity index (χ0v) is 17.5. The molecule has 2 atom stereocenters. The molecule has 0 spiro atoms. The Morgan fingerprint density at radius 1 is 1.10 bits per heavy atom. The van der Waals surface area contributed by atoms with Gasteiger partial charge in [0.1, 0.15) is 24.1 Å². The maximum absolute atomic E-state index is 11.2. The van der Waals surface area contributed by atoms with Gasteiger partial charge in [0.05, 0.1) is 26.2 Å². The van der Waals surface area contributed by atoms with Gasteiger partial charge in [-0.3, -0.25) is 10.1 Å². The molecular formula is C21H25NO6S. The van der Waals surface area contributed by atoms with E-state index < -0.39 is 12.0 Å². The Morgan fingerprint density at radius 2 is 1.90 bits per heavy atom. The average Bonchev–Trinajstić information content (AvgIpc) is 3.23. The zero-order chi connectivity index (χ0) is 20.8. The van der Waals surface area contributed by atoms with Crippen molar-refractivity contribution in [2.75, 3.05) is 26.6 Å². The first-order chi connectivity index (χ1) is 14.0. The number of ether oxygens (including phenoxy) is 4. The van der Waals surface area contributed by atoms with E-state index in [1.165, 1.54) is 0 Å². The summed E-state index contributed by atoms with van der Waals surface area (Å²) in [6.07, 6.45) is 0. The summed E-state index contributed by atoms with van der Waals surface area (Å²) in [6, 6.07) is 10.7. The Morgan fingerprint density at radius 3 is 2.55 bits per heavy atom. The zero-order valence-electron chi connectivity index (χ0n) is 16.6. The molecule has 0 amide bonds. The molecule has 0 aromatic heterocycles. The van der Waals surface area contributed by atoms with Crippen LogP contribution in [-0.4, -0.2) is 43.7 Å². The van der Waals surface area contributed by atoms with Gasteiger partial charge in [-0.2, -0.15) is 0 Å². The summed E-state index contributed by atoms with van der Waals surface area (Å²) in [6.45, 7) is 2.69. The molecule has 2 unspecified atom stereocenters. The fraction of sp³-hybridized carbons (Fsp3) is 0.381. The Kier molecular flexibility index (Phi) is 7.11. The van der Waals surface area contributed by atoms with E-state index in [-0.39, 0.29) is 12.0 Å². The SMILES string of the molecule is CCOc1cc(C2NC(C(=O)O)CS2)ccc1OCc1cc(OC)ccc1OC. The lowest BCUT2D eigenvalue weighted by molar-refractivity contribution is -0.138. The minimum Gasteiger partial charge on any atom is -0.497 e. The standard InChI is InChI=1S/C21H25NO6S/c1-4-27-19-10-13(20-22-16(12-29-20)21(23)24)5-7-18(19)28-11-14-9-15(25-2)6-8-17(14)26-3/h5-10,16,20,22H,4,11-12H2,1-3H3,(H,23,24). The van der Waals surface area contributed by atoms with Gasteiger partial charge in [0.2, 0.25) is 0 Å². The van der Waals surface area contributed by atoms with Crippen LogP contribution < -0.4 is 24.3 Å². The number of benzene rings is 2. The van der Waals surface area contributed by atoms with Gasteiger partial charge in [-0.25, -0.2) is 0 Å². The van der Waals surface area contributed by atoms with Gasteiger partial charge in [-0.15, -0.1) is 11.8 Å². The van der Waals surface area contributed by atoms with Crippen LogP contribution in [0.2, 0.25) is 0 Å². The number of nitrogens with one attached hydrogen (secondary N) is 1. The summed E-state index contributed by atoms with van der Waals surface area (Å²) in [7, 11) is 3.23. The largest absolute Gasteiger partial charge is 0.497 e. The molecule has 7 nitrogen and oxygen atoms in total. The predicted molar refractivity (Wildman–Crippen MR) is 111 cm³/mol. The van der Waals surface area contributed by atoms with Crippen molar-refractivity contribution in [1.29, 1.82) is 0 Å². The Hall–Kier alpha value is -2.58. The number of thioether (sulfide) groups is 1. The van der Waals surface area contributed by atoms with Crippen molar-refractivity contribution in [3.05, 3.63) is 47.5 Å². The van der Waals surface area contributed by atoms with Crippen molar-refractivity contribution < 1.29 is 28.8 Å². The second-order valence-electron chi connectivity index (χ2n) is 6.38.